The van der Waals surface area contributed by atoms with Gasteiger partial charge < -0.3 is 4.74 Å². The van der Waals surface area contributed by atoms with Crippen molar-refractivity contribution in [2.75, 3.05) is 6.61 Å². The van der Waals surface area contributed by atoms with Crippen molar-refractivity contribution in [3.63, 3.8) is 0 Å². The molecule has 0 fully saturated rings. The summed E-state index contributed by atoms with van der Waals surface area (Å²) in [6, 6.07) is 1.32. The molecule has 1 aromatic heterocycles. The minimum Gasteiger partial charge on any atom is -0.358 e. The first kappa shape index (κ1) is 11.7. The van der Waals surface area contributed by atoms with Crippen molar-refractivity contribution in [1.29, 1.82) is 0 Å². The Morgan fingerprint density at radius 1 is 1.47 bits per heavy atom. The predicted octanol–water partition coefficient (Wildman–Crippen LogP) is 0.872. The van der Waals surface area contributed by atoms with Gasteiger partial charge in [-0.15, -0.1) is 0 Å². The highest BCUT2D eigenvalue weighted by Gasteiger charge is 2.10. The second kappa shape index (κ2) is 5.50. The molecule has 5 nitrogen and oxygen atoms in total. The van der Waals surface area contributed by atoms with Gasteiger partial charge in [-0.2, -0.15) is 0 Å². The first-order chi connectivity index (χ1) is 7.19. The minimum absolute atomic E-state index is 0.288. The minimum atomic E-state index is -0.422. The number of nitrogens with one attached hydrogen (secondary N) is 1. The van der Waals surface area contributed by atoms with Gasteiger partial charge in [0.25, 0.3) is 5.56 Å². The molecule has 15 heavy (non-hydrogen) atoms. The summed E-state index contributed by atoms with van der Waals surface area (Å²) in [6.07, 6.45) is 2.84. The molecule has 0 aromatic carbocycles. The molecule has 1 heterocycles. The van der Waals surface area contributed by atoms with E-state index in [-0.39, 0.29) is 11.8 Å². The van der Waals surface area contributed by atoms with Crippen LogP contribution in [-0.2, 0) is 4.74 Å². The standard InChI is InChI=1S/C10H16N2O3/c1-3-5-9(15-4-2)12-7-6-8(13)11-10(12)14/h6-7,9H,3-5H2,1-2H3,(H,11,13,14). The van der Waals surface area contributed by atoms with Crippen molar-refractivity contribution in [1.82, 2.24) is 9.55 Å². The number of hydrogen-bond donors (Lipinski definition) is 1. The third-order valence-corrected chi connectivity index (χ3v) is 2.06. The summed E-state index contributed by atoms with van der Waals surface area (Å²) in [7, 11) is 0. The number of H-pyrrole nitrogens is 1. The summed E-state index contributed by atoms with van der Waals surface area (Å²) in [4.78, 5) is 24.5. The highest BCUT2D eigenvalue weighted by molar-refractivity contribution is 4.83. The van der Waals surface area contributed by atoms with Gasteiger partial charge in [0.1, 0.15) is 6.23 Å². The Labute approximate surface area is 87.7 Å². The van der Waals surface area contributed by atoms with E-state index in [9.17, 15) is 9.59 Å². The summed E-state index contributed by atoms with van der Waals surface area (Å²) >= 11 is 0. The molecule has 0 radical (unpaired) electrons. The summed E-state index contributed by atoms with van der Waals surface area (Å²) in [5.41, 5.74) is -0.808. The van der Waals surface area contributed by atoms with Gasteiger partial charge in [-0.05, 0) is 13.3 Å². The van der Waals surface area contributed by atoms with Crippen LogP contribution in [0.4, 0.5) is 0 Å². The Balaban J connectivity index is 3.00. The summed E-state index contributed by atoms with van der Waals surface area (Å²) < 4.78 is 6.84. The molecule has 84 valence electrons. The topological polar surface area (TPSA) is 64.1 Å². The van der Waals surface area contributed by atoms with E-state index in [4.69, 9.17) is 4.74 Å². The van der Waals surface area contributed by atoms with E-state index in [0.29, 0.717) is 6.61 Å². The third-order valence-electron chi connectivity index (χ3n) is 2.06. The Morgan fingerprint density at radius 3 is 2.73 bits per heavy atom. The van der Waals surface area contributed by atoms with E-state index in [1.54, 1.807) is 0 Å². The van der Waals surface area contributed by atoms with Crippen molar-refractivity contribution in [3.8, 4) is 0 Å². The lowest BCUT2D eigenvalue weighted by Gasteiger charge is -2.18. The van der Waals surface area contributed by atoms with E-state index in [2.05, 4.69) is 4.98 Å². The monoisotopic (exact) mass is 212 g/mol. The highest BCUT2D eigenvalue weighted by Crippen LogP contribution is 2.11. The van der Waals surface area contributed by atoms with E-state index in [1.165, 1.54) is 16.8 Å². The van der Waals surface area contributed by atoms with Crippen LogP contribution in [0.2, 0.25) is 0 Å². The van der Waals surface area contributed by atoms with Gasteiger partial charge in [0.05, 0.1) is 0 Å². The van der Waals surface area contributed by atoms with Crippen molar-refractivity contribution >= 4 is 0 Å². The molecule has 0 spiro atoms. The molecule has 0 bridgehead atoms. The van der Waals surface area contributed by atoms with Gasteiger partial charge >= 0.3 is 5.69 Å². The zero-order valence-electron chi connectivity index (χ0n) is 9.03. The molecule has 0 aliphatic heterocycles. The lowest BCUT2D eigenvalue weighted by Crippen LogP contribution is -2.32. The number of nitrogens with zero attached hydrogens (tertiary/aromatic N) is 1. The van der Waals surface area contributed by atoms with Crippen LogP contribution in [-0.4, -0.2) is 16.2 Å². The van der Waals surface area contributed by atoms with E-state index in [1.807, 2.05) is 13.8 Å². The van der Waals surface area contributed by atoms with Crippen LogP contribution >= 0.6 is 0 Å². The summed E-state index contributed by atoms with van der Waals surface area (Å²) in [6.45, 7) is 4.43. The Kier molecular flexibility index (Phi) is 4.30. The molecule has 1 unspecified atom stereocenters. The maximum Gasteiger partial charge on any atom is 0.330 e. The van der Waals surface area contributed by atoms with Crippen LogP contribution in [0.15, 0.2) is 21.9 Å². The predicted molar refractivity (Wildman–Crippen MR) is 56.9 cm³/mol. The van der Waals surface area contributed by atoms with Crippen molar-refractivity contribution < 1.29 is 4.74 Å². The molecular formula is C10H16N2O3. The van der Waals surface area contributed by atoms with Crippen molar-refractivity contribution in [2.45, 2.75) is 32.9 Å². The van der Waals surface area contributed by atoms with Crippen LogP contribution in [0.3, 0.4) is 0 Å². The number of aromatic nitrogens is 2. The van der Waals surface area contributed by atoms with Gasteiger partial charge in [-0.25, -0.2) is 4.79 Å². The number of ether oxygens (including phenoxy) is 1. The molecule has 0 saturated heterocycles. The van der Waals surface area contributed by atoms with Gasteiger partial charge in [-0.1, -0.05) is 13.3 Å². The zero-order chi connectivity index (χ0) is 11.3. The fraction of sp³-hybridized carbons (Fsp3) is 0.600. The van der Waals surface area contributed by atoms with Gasteiger partial charge in [0, 0.05) is 18.9 Å². The first-order valence-corrected chi connectivity index (χ1v) is 5.12. The fourth-order valence-corrected chi connectivity index (χ4v) is 1.40. The number of aromatic amines is 1. The maximum absolute atomic E-state index is 11.5. The maximum atomic E-state index is 11.5. The van der Waals surface area contributed by atoms with Crippen LogP contribution < -0.4 is 11.2 Å². The Hall–Kier alpha value is -1.36. The number of hydrogen-bond acceptors (Lipinski definition) is 3. The third kappa shape index (κ3) is 3.06. The molecule has 0 aliphatic rings. The molecule has 1 atom stereocenters. The lowest BCUT2D eigenvalue weighted by molar-refractivity contribution is 0.000244. The Bertz CT molecular complexity index is 402. The first-order valence-electron chi connectivity index (χ1n) is 5.12. The van der Waals surface area contributed by atoms with E-state index in [0.717, 1.165) is 12.8 Å². The molecule has 1 N–H and O–H groups in total. The van der Waals surface area contributed by atoms with Crippen LogP contribution in [0.5, 0.6) is 0 Å². The average Bonchev–Trinajstić information content (AvgIpc) is 2.17. The van der Waals surface area contributed by atoms with Gasteiger partial charge in [0.15, 0.2) is 0 Å². The molecule has 1 aromatic rings. The Morgan fingerprint density at radius 2 is 2.20 bits per heavy atom. The summed E-state index contributed by atoms with van der Waals surface area (Å²) in [5.74, 6) is 0. The SMILES string of the molecule is CCCC(OCC)n1ccc(=O)[nH]c1=O. The molecule has 1 rings (SSSR count). The lowest BCUT2D eigenvalue weighted by atomic mass is 10.3. The summed E-state index contributed by atoms with van der Waals surface area (Å²) in [5, 5.41) is 0. The van der Waals surface area contributed by atoms with Crippen molar-refractivity contribution in [2.24, 2.45) is 0 Å². The second-order valence-corrected chi connectivity index (χ2v) is 3.22. The van der Waals surface area contributed by atoms with Crippen LogP contribution in [0.25, 0.3) is 0 Å². The average molecular weight is 212 g/mol. The fourth-order valence-electron chi connectivity index (χ4n) is 1.40. The molecule has 0 amide bonds. The second-order valence-electron chi connectivity index (χ2n) is 3.22. The van der Waals surface area contributed by atoms with Crippen LogP contribution in [0, 0.1) is 0 Å². The molecule has 5 heteroatoms. The zero-order valence-corrected chi connectivity index (χ0v) is 9.03. The molecule has 0 saturated carbocycles. The smallest absolute Gasteiger partial charge is 0.330 e. The van der Waals surface area contributed by atoms with Crippen molar-refractivity contribution in [3.05, 3.63) is 33.1 Å². The van der Waals surface area contributed by atoms with Crippen LogP contribution in [0.1, 0.15) is 32.9 Å². The highest BCUT2D eigenvalue weighted by atomic mass is 16.5. The molecule has 0 aliphatic carbocycles. The van der Waals surface area contributed by atoms with Gasteiger partial charge in [-0.3, -0.25) is 14.3 Å². The van der Waals surface area contributed by atoms with E-state index < -0.39 is 5.69 Å². The number of rotatable bonds is 5. The van der Waals surface area contributed by atoms with Gasteiger partial charge in [0.2, 0.25) is 0 Å². The van der Waals surface area contributed by atoms with E-state index >= 15 is 0 Å². The quantitative estimate of drug-likeness (QED) is 0.787. The largest absolute Gasteiger partial charge is 0.358 e. The normalized spacial score (nSPS) is 12.7. The molecular weight excluding hydrogens is 196 g/mol.